The van der Waals surface area contributed by atoms with Gasteiger partial charge in [-0.1, -0.05) is 6.92 Å². The third kappa shape index (κ3) is 3.36. The molecule has 2 unspecified atom stereocenters. The van der Waals surface area contributed by atoms with Crippen molar-refractivity contribution in [2.24, 2.45) is 5.92 Å². The van der Waals surface area contributed by atoms with Crippen molar-refractivity contribution in [3.05, 3.63) is 0 Å². The highest BCUT2D eigenvalue weighted by molar-refractivity contribution is 7.86. The first-order valence-electron chi connectivity index (χ1n) is 6.46. The van der Waals surface area contributed by atoms with Crippen molar-refractivity contribution in [2.45, 2.75) is 32.2 Å². The molecule has 1 N–H and O–H groups in total. The maximum absolute atomic E-state index is 12.4. The van der Waals surface area contributed by atoms with Gasteiger partial charge in [-0.3, -0.25) is 0 Å². The van der Waals surface area contributed by atoms with Crippen LogP contribution in [0.1, 0.15) is 26.2 Å². The second kappa shape index (κ2) is 6.52. The van der Waals surface area contributed by atoms with E-state index >= 15 is 0 Å². The first-order chi connectivity index (χ1) is 8.04. The second-order valence-corrected chi connectivity index (χ2v) is 7.17. The zero-order valence-electron chi connectivity index (χ0n) is 11.1. The van der Waals surface area contributed by atoms with Crippen molar-refractivity contribution >= 4 is 22.6 Å². The Morgan fingerprint density at radius 2 is 1.78 bits per heavy atom. The number of hydrogen-bond donors (Lipinski definition) is 1. The summed E-state index contributed by atoms with van der Waals surface area (Å²) < 4.78 is 28.1. The molecule has 0 bridgehead atoms. The lowest BCUT2D eigenvalue weighted by Crippen LogP contribution is -2.51. The summed E-state index contributed by atoms with van der Waals surface area (Å²) in [6.07, 6.45) is 3.01. The topological polar surface area (TPSA) is 52.7 Å². The Labute approximate surface area is 116 Å². The molecular weight excluding hydrogens is 274 g/mol. The van der Waals surface area contributed by atoms with Crippen LogP contribution in [0.15, 0.2) is 0 Å². The van der Waals surface area contributed by atoms with Gasteiger partial charge < -0.3 is 5.32 Å². The fourth-order valence-corrected chi connectivity index (χ4v) is 4.49. The number of piperidine rings is 1. The van der Waals surface area contributed by atoms with E-state index in [-0.39, 0.29) is 12.4 Å². The van der Waals surface area contributed by atoms with E-state index in [1.54, 1.807) is 8.61 Å². The van der Waals surface area contributed by atoms with Crippen LogP contribution in [0.25, 0.3) is 0 Å². The monoisotopic (exact) mass is 297 g/mol. The normalized spacial score (nSPS) is 31.2. The molecule has 0 aliphatic carbocycles. The molecule has 0 amide bonds. The molecule has 7 heteroatoms. The summed E-state index contributed by atoms with van der Waals surface area (Å²) in [4.78, 5) is 0. The van der Waals surface area contributed by atoms with Gasteiger partial charge in [-0.2, -0.15) is 17.0 Å². The number of nitrogens with one attached hydrogen (secondary N) is 1. The van der Waals surface area contributed by atoms with Crippen molar-refractivity contribution in [1.29, 1.82) is 0 Å². The second-order valence-electron chi connectivity index (χ2n) is 5.25. The fourth-order valence-electron chi connectivity index (χ4n) is 2.66. The van der Waals surface area contributed by atoms with Crippen molar-refractivity contribution in [1.82, 2.24) is 13.9 Å². The summed E-state index contributed by atoms with van der Waals surface area (Å²) in [5.74, 6) is 0.495. The van der Waals surface area contributed by atoms with Crippen LogP contribution in [0.2, 0.25) is 0 Å². The first-order valence-corrected chi connectivity index (χ1v) is 7.86. The molecule has 0 radical (unpaired) electrons. The van der Waals surface area contributed by atoms with Crippen molar-refractivity contribution < 1.29 is 8.42 Å². The van der Waals surface area contributed by atoms with Crippen LogP contribution in [-0.4, -0.2) is 56.3 Å². The summed E-state index contributed by atoms with van der Waals surface area (Å²) in [7, 11) is -1.31. The molecule has 5 nitrogen and oxygen atoms in total. The molecule has 0 aromatic carbocycles. The van der Waals surface area contributed by atoms with Gasteiger partial charge in [0.1, 0.15) is 0 Å². The minimum Gasteiger partial charge on any atom is -0.316 e. The maximum Gasteiger partial charge on any atom is 0.282 e. The molecule has 108 valence electrons. The lowest BCUT2D eigenvalue weighted by molar-refractivity contribution is 0.273. The number of nitrogens with zero attached hydrogens (tertiary/aromatic N) is 2. The summed E-state index contributed by atoms with van der Waals surface area (Å²) in [5.41, 5.74) is 0. The lowest BCUT2D eigenvalue weighted by Gasteiger charge is -2.34. The third-order valence-electron chi connectivity index (χ3n) is 3.83. The maximum atomic E-state index is 12.4. The van der Waals surface area contributed by atoms with Crippen molar-refractivity contribution in [3.63, 3.8) is 0 Å². The molecule has 2 saturated heterocycles. The minimum absolute atomic E-state index is 0. The predicted molar refractivity (Wildman–Crippen MR) is 75.2 cm³/mol. The Hall–Kier alpha value is 0.120. The van der Waals surface area contributed by atoms with E-state index < -0.39 is 10.2 Å². The first kappa shape index (κ1) is 16.2. The summed E-state index contributed by atoms with van der Waals surface area (Å²) in [5, 5.41) is 3.18. The van der Waals surface area contributed by atoms with Gasteiger partial charge in [0.2, 0.25) is 0 Å². The molecule has 2 fully saturated rings. The van der Waals surface area contributed by atoms with Gasteiger partial charge in [0.25, 0.3) is 10.2 Å². The van der Waals surface area contributed by atoms with Crippen LogP contribution in [0.3, 0.4) is 0 Å². The van der Waals surface area contributed by atoms with Gasteiger partial charge in [-0.15, -0.1) is 12.4 Å². The number of hydrogen-bond acceptors (Lipinski definition) is 3. The number of likely N-dealkylation sites (N-methyl/N-ethyl adjacent to an activating group) is 1. The molecule has 2 aliphatic rings. The smallest absolute Gasteiger partial charge is 0.282 e. The molecular formula is C11H24ClN3O2S. The highest BCUT2D eigenvalue weighted by atomic mass is 35.5. The van der Waals surface area contributed by atoms with Crippen LogP contribution in [0.5, 0.6) is 0 Å². The lowest BCUT2D eigenvalue weighted by atomic mass is 10.1. The van der Waals surface area contributed by atoms with E-state index in [0.717, 1.165) is 19.3 Å². The van der Waals surface area contributed by atoms with Crippen molar-refractivity contribution in [3.8, 4) is 0 Å². The molecule has 0 saturated carbocycles. The zero-order valence-corrected chi connectivity index (χ0v) is 12.8. The Kier molecular flexibility index (Phi) is 5.86. The molecule has 0 aromatic rings. The van der Waals surface area contributed by atoms with E-state index in [0.29, 0.717) is 38.1 Å². The van der Waals surface area contributed by atoms with Gasteiger partial charge in [0.15, 0.2) is 0 Å². The summed E-state index contributed by atoms with van der Waals surface area (Å²) in [6, 6.07) is 0.304. The SMILES string of the molecule is CNC1CCCN(S(=O)(=O)N2CCC(C)C2)C1.Cl. The van der Waals surface area contributed by atoms with E-state index in [2.05, 4.69) is 12.2 Å². The molecule has 0 aromatic heterocycles. The highest BCUT2D eigenvalue weighted by Crippen LogP contribution is 2.23. The standard InChI is InChI=1S/C11H23N3O2S.ClH/c1-10-5-7-14(8-10)17(15,16)13-6-3-4-11(9-13)12-2;/h10-12H,3-9H2,1-2H3;1H. The highest BCUT2D eigenvalue weighted by Gasteiger charge is 2.36. The molecule has 2 aliphatic heterocycles. The van der Waals surface area contributed by atoms with Crippen LogP contribution in [-0.2, 0) is 10.2 Å². The van der Waals surface area contributed by atoms with Crippen LogP contribution >= 0.6 is 12.4 Å². The van der Waals surface area contributed by atoms with Gasteiger partial charge in [0.05, 0.1) is 0 Å². The molecule has 2 heterocycles. The average molecular weight is 298 g/mol. The van der Waals surface area contributed by atoms with E-state index in [1.165, 1.54) is 0 Å². The summed E-state index contributed by atoms with van der Waals surface area (Å²) in [6.45, 7) is 4.77. The van der Waals surface area contributed by atoms with Crippen LogP contribution < -0.4 is 5.32 Å². The largest absolute Gasteiger partial charge is 0.316 e. The third-order valence-corrected chi connectivity index (χ3v) is 5.80. The van der Waals surface area contributed by atoms with Crippen LogP contribution in [0.4, 0.5) is 0 Å². The summed E-state index contributed by atoms with van der Waals surface area (Å²) >= 11 is 0. The van der Waals surface area contributed by atoms with Gasteiger partial charge in [-0.25, -0.2) is 0 Å². The van der Waals surface area contributed by atoms with Gasteiger partial charge in [0, 0.05) is 32.2 Å². The zero-order chi connectivity index (χ0) is 12.5. The molecule has 18 heavy (non-hydrogen) atoms. The fraction of sp³-hybridized carbons (Fsp3) is 1.00. The Morgan fingerprint density at radius 3 is 2.33 bits per heavy atom. The molecule has 0 spiro atoms. The Bertz CT molecular complexity index is 363. The minimum atomic E-state index is -3.21. The van der Waals surface area contributed by atoms with Crippen molar-refractivity contribution in [2.75, 3.05) is 33.2 Å². The van der Waals surface area contributed by atoms with Gasteiger partial charge in [-0.05, 0) is 32.2 Å². The van der Waals surface area contributed by atoms with Crippen LogP contribution in [0, 0.1) is 5.92 Å². The predicted octanol–water partition coefficient (Wildman–Crippen LogP) is 0.679. The number of rotatable bonds is 3. The van der Waals surface area contributed by atoms with E-state index in [1.807, 2.05) is 7.05 Å². The van der Waals surface area contributed by atoms with E-state index in [4.69, 9.17) is 0 Å². The Balaban J connectivity index is 0.00000162. The average Bonchev–Trinajstić information content (AvgIpc) is 2.76. The molecule has 2 rings (SSSR count). The quantitative estimate of drug-likeness (QED) is 0.833. The number of halogens is 1. The molecule has 2 atom stereocenters. The van der Waals surface area contributed by atoms with Gasteiger partial charge >= 0.3 is 0 Å². The Morgan fingerprint density at radius 1 is 1.11 bits per heavy atom. The van der Waals surface area contributed by atoms with E-state index in [9.17, 15) is 8.42 Å².